The van der Waals surface area contributed by atoms with E-state index in [2.05, 4.69) is 23.5 Å². The number of fused-ring (bicyclic) bond motifs is 3. The van der Waals surface area contributed by atoms with Crippen LogP contribution in [-0.4, -0.2) is 25.4 Å². The quantitative estimate of drug-likeness (QED) is 0.330. The highest BCUT2D eigenvalue weighted by Crippen LogP contribution is 2.32. The third-order valence-corrected chi connectivity index (χ3v) is 6.65. The molecule has 36 heavy (non-hydrogen) atoms. The molecular weight excluding hydrogens is 452 g/mol. The van der Waals surface area contributed by atoms with E-state index in [0.717, 1.165) is 28.3 Å². The summed E-state index contributed by atoms with van der Waals surface area (Å²) in [6, 6.07) is 20.8. The molecule has 5 aromatic rings. The SMILES string of the molecule is Cc1cc(C(C)Nc2ccccc2C(=O)O)c2c(c1)c(=O)n(C)c1nn(CCc3ccccc3)cc21. The minimum absolute atomic E-state index is 0.103. The maximum Gasteiger partial charge on any atom is 0.337 e. The minimum atomic E-state index is -0.990. The van der Waals surface area contributed by atoms with Gasteiger partial charge >= 0.3 is 5.97 Å². The molecule has 0 saturated carbocycles. The van der Waals surface area contributed by atoms with Gasteiger partial charge in [0.25, 0.3) is 5.56 Å². The molecule has 7 nitrogen and oxygen atoms in total. The number of hydrogen-bond donors (Lipinski definition) is 2. The van der Waals surface area contributed by atoms with Gasteiger partial charge in [0.15, 0.2) is 5.65 Å². The van der Waals surface area contributed by atoms with Gasteiger partial charge in [0.1, 0.15) is 0 Å². The van der Waals surface area contributed by atoms with E-state index in [-0.39, 0.29) is 17.2 Å². The number of carbonyl (C=O) groups is 1. The number of pyridine rings is 1. The molecule has 1 atom stereocenters. The molecule has 7 heteroatoms. The lowest BCUT2D eigenvalue weighted by Crippen LogP contribution is -2.19. The molecule has 0 fully saturated rings. The summed E-state index contributed by atoms with van der Waals surface area (Å²) in [5.74, 6) is -0.990. The molecule has 3 aromatic carbocycles. The number of nitrogens with one attached hydrogen (secondary N) is 1. The molecule has 0 aliphatic rings. The van der Waals surface area contributed by atoms with Crippen molar-refractivity contribution < 1.29 is 9.90 Å². The number of benzene rings is 3. The standard InChI is InChI=1S/C29H28N4O3/c1-18-15-22(19(2)30-25-12-8-7-11-21(25)29(35)36)26-23(16-18)28(34)32(3)27-24(26)17-33(31-27)14-13-20-9-5-4-6-10-20/h4-12,15-17,19,30H,13-14H2,1-3H3,(H,35,36). The fraction of sp³-hybridized carbons (Fsp3) is 0.207. The van der Waals surface area contributed by atoms with Crippen molar-refractivity contribution in [1.82, 2.24) is 14.3 Å². The second-order valence-corrected chi connectivity index (χ2v) is 9.22. The van der Waals surface area contributed by atoms with Crippen LogP contribution in [0.4, 0.5) is 5.69 Å². The molecule has 0 radical (unpaired) electrons. The van der Waals surface area contributed by atoms with Crippen LogP contribution in [0.2, 0.25) is 0 Å². The summed E-state index contributed by atoms with van der Waals surface area (Å²) in [6.45, 7) is 4.64. The highest BCUT2D eigenvalue weighted by Gasteiger charge is 2.20. The second-order valence-electron chi connectivity index (χ2n) is 9.22. The first-order valence-electron chi connectivity index (χ1n) is 12.0. The van der Waals surface area contributed by atoms with Crippen LogP contribution in [0.25, 0.3) is 21.8 Å². The number of carboxylic acid groups (broad SMARTS) is 1. The molecular formula is C29H28N4O3. The van der Waals surface area contributed by atoms with Gasteiger partial charge in [-0.15, -0.1) is 0 Å². The Kier molecular flexibility index (Phi) is 6.06. The van der Waals surface area contributed by atoms with Crippen molar-refractivity contribution in [2.75, 3.05) is 5.32 Å². The number of aryl methyl sites for hydroxylation is 4. The van der Waals surface area contributed by atoms with Gasteiger partial charge < -0.3 is 10.4 Å². The lowest BCUT2D eigenvalue weighted by molar-refractivity contribution is 0.0698. The Labute approximate surface area is 208 Å². The lowest BCUT2D eigenvalue weighted by Gasteiger charge is -2.20. The summed E-state index contributed by atoms with van der Waals surface area (Å²) in [6.07, 6.45) is 2.84. The number of aromatic nitrogens is 3. The summed E-state index contributed by atoms with van der Waals surface area (Å²) in [7, 11) is 1.76. The van der Waals surface area contributed by atoms with Crippen molar-refractivity contribution in [2.45, 2.75) is 32.9 Å². The fourth-order valence-corrected chi connectivity index (χ4v) is 4.85. The van der Waals surface area contributed by atoms with Crippen LogP contribution in [0.15, 0.2) is 77.7 Å². The first-order valence-corrected chi connectivity index (χ1v) is 12.0. The topological polar surface area (TPSA) is 89.2 Å². The first-order chi connectivity index (χ1) is 17.3. The molecule has 0 aliphatic heterocycles. The maximum absolute atomic E-state index is 13.4. The van der Waals surface area contributed by atoms with E-state index in [1.165, 1.54) is 5.56 Å². The first kappa shape index (κ1) is 23.4. The van der Waals surface area contributed by atoms with Crippen molar-refractivity contribution in [1.29, 1.82) is 0 Å². The van der Waals surface area contributed by atoms with Crippen LogP contribution in [0.5, 0.6) is 0 Å². The van der Waals surface area contributed by atoms with Crippen LogP contribution in [0.3, 0.4) is 0 Å². The second kappa shape index (κ2) is 9.34. The number of anilines is 1. The Bertz CT molecular complexity index is 1650. The van der Waals surface area contributed by atoms with Crippen molar-refractivity contribution in [3.63, 3.8) is 0 Å². The molecule has 1 unspecified atom stereocenters. The van der Waals surface area contributed by atoms with Gasteiger partial charge in [-0.2, -0.15) is 5.10 Å². The highest BCUT2D eigenvalue weighted by molar-refractivity contribution is 6.07. The largest absolute Gasteiger partial charge is 0.478 e. The average Bonchev–Trinajstić information content (AvgIpc) is 3.30. The number of aromatic carboxylic acids is 1. The molecule has 5 rings (SSSR count). The predicted molar refractivity (Wildman–Crippen MR) is 143 cm³/mol. The van der Waals surface area contributed by atoms with Gasteiger partial charge in [0.2, 0.25) is 0 Å². The molecule has 0 aliphatic carbocycles. The van der Waals surface area contributed by atoms with Crippen molar-refractivity contribution in [3.05, 3.63) is 106 Å². The number of rotatable bonds is 7. The number of nitrogens with zero attached hydrogens (tertiary/aromatic N) is 3. The molecule has 0 spiro atoms. The summed E-state index contributed by atoms with van der Waals surface area (Å²) in [5, 5.41) is 20.1. The third-order valence-electron chi connectivity index (χ3n) is 6.65. The van der Waals surface area contributed by atoms with Crippen molar-refractivity contribution in [3.8, 4) is 0 Å². The third kappa shape index (κ3) is 4.24. The van der Waals surface area contributed by atoms with Crippen molar-refractivity contribution >= 4 is 33.5 Å². The number of para-hydroxylation sites is 1. The van der Waals surface area contributed by atoms with Gasteiger partial charge in [-0.25, -0.2) is 4.79 Å². The Morgan fingerprint density at radius 2 is 1.78 bits per heavy atom. The summed E-state index contributed by atoms with van der Waals surface area (Å²) < 4.78 is 3.51. The van der Waals surface area contributed by atoms with E-state index in [0.29, 0.717) is 23.3 Å². The van der Waals surface area contributed by atoms with Gasteiger partial charge in [-0.1, -0.05) is 48.5 Å². The van der Waals surface area contributed by atoms with Crippen LogP contribution in [0.1, 0.15) is 40.0 Å². The Morgan fingerprint density at radius 3 is 2.53 bits per heavy atom. The normalized spacial score (nSPS) is 12.2. The van der Waals surface area contributed by atoms with E-state index < -0.39 is 5.97 Å². The van der Waals surface area contributed by atoms with Gasteiger partial charge in [0, 0.05) is 47.7 Å². The predicted octanol–water partition coefficient (Wildman–Crippen LogP) is 5.31. The van der Waals surface area contributed by atoms with E-state index >= 15 is 0 Å². The van der Waals surface area contributed by atoms with E-state index in [4.69, 9.17) is 5.10 Å². The van der Waals surface area contributed by atoms with E-state index in [1.807, 2.05) is 49.0 Å². The molecule has 0 saturated heterocycles. The van der Waals surface area contributed by atoms with Crippen LogP contribution in [-0.2, 0) is 20.0 Å². The lowest BCUT2D eigenvalue weighted by atomic mass is 9.95. The molecule has 182 valence electrons. The summed E-state index contributed by atoms with van der Waals surface area (Å²) in [4.78, 5) is 25.1. The molecule has 2 aromatic heterocycles. The van der Waals surface area contributed by atoms with Crippen LogP contribution in [0, 0.1) is 6.92 Å². The Hall–Kier alpha value is -4.39. The highest BCUT2D eigenvalue weighted by atomic mass is 16.4. The minimum Gasteiger partial charge on any atom is -0.478 e. The van der Waals surface area contributed by atoms with Crippen LogP contribution >= 0.6 is 0 Å². The smallest absolute Gasteiger partial charge is 0.337 e. The van der Waals surface area contributed by atoms with E-state index in [1.54, 1.807) is 35.9 Å². The molecule has 2 heterocycles. The molecule has 0 amide bonds. The van der Waals surface area contributed by atoms with Crippen LogP contribution < -0.4 is 10.9 Å². The zero-order chi connectivity index (χ0) is 25.4. The monoisotopic (exact) mass is 480 g/mol. The van der Waals surface area contributed by atoms with E-state index in [9.17, 15) is 14.7 Å². The van der Waals surface area contributed by atoms with Gasteiger partial charge in [-0.05, 0) is 55.2 Å². The average molecular weight is 481 g/mol. The van der Waals surface area contributed by atoms with Crippen molar-refractivity contribution in [2.24, 2.45) is 7.05 Å². The number of carboxylic acids is 1. The molecule has 0 bridgehead atoms. The summed E-state index contributed by atoms with van der Waals surface area (Å²) in [5.41, 5.74) is 4.38. The maximum atomic E-state index is 13.4. The Morgan fingerprint density at radius 1 is 1.06 bits per heavy atom. The molecule has 2 N–H and O–H groups in total. The van der Waals surface area contributed by atoms with Gasteiger partial charge in [-0.3, -0.25) is 14.0 Å². The summed E-state index contributed by atoms with van der Waals surface area (Å²) >= 11 is 0. The number of hydrogen-bond acceptors (Lipinski definition) is 4. The zero-order valence-electron chi connectivity index (χ0n) is 20.5. The fourth-order valence-electron chi connectivity index (χ4n) is 4.85. The Balaban J connectivity index is 1.63. The zero-order valence-corrected chi connectivity index (χ0v) is 20.5. The van der Waals surface area contributed by atoms with Gasteiger partial charge in [0.05, 0.1) is 5.56 Å².